The Morgan fingerprint density at radius 1 is 1.33 bits per heavy atom. The lowest BCUT2D eigenvalue weighted by molar-refractivity contribution is -0.141. The number of rotatable bonds is 4. The van der Waals surface area contributed by atoms with Crippen LogP contribution < -0.4 is 5.32 Å². The second kappa shape index (κ2) is 7.27. The molecule has 1 atom stereocenters. The molecule has 1 aliphatic heterocycles. The highest BCUT2D eigenvalue weighted by atomic mass is 16.3. The summed E-state index contributed by atoms with van der Waals surface area (Å²) >= 11 is 0. The SMILES string of the molecule is O=C(CN1CCCCC(O)C1=O)Nc1cn[nH]c1-c1ccccc1. The van der Waals surface area contributed by atoms with Crippen LogP contribution in [0.3, 0.4) is 0 Å². The fourth-order valence-corrected chi connectivity index (χ4v) is 2.81. The number of carbonyl (C=O) groups excluding carboxylic acids is 2. The number of hydrogen-bond acceptors (Lipinski definition) is 4. The van der Waals surface area contributed by atoms with Gasteiger partial charge in [0.2, 0.25) is 5.91 Å². The number of carbonyl (C=O) groups is 2. The summed E-state index contributed by atoms with van der Waals surface area (Å²) in [7, 11) is 0. The van der Waals surface area contributed by atoms with Crippen LogP contribution in [-0.2, 0) is 9.59 Å². The molecule has 126 valence electrons. The quantitative estimate of drug-likeness (QED) is 0.790. The van der Waals surface area contributed by atoms with E-state index in [-0.39, 0.29) is 18.4 Å². The number of aliphatic hydroxyl groups is 1. The molecule has 1 aromatic carbocycles. The van der Waals surface area contributed by atoms with Gasteiger partial charge in [-0.25, -0.2) is 0 Å². The van der Waals surface area contributed by atoms with Gasteiger partial charge in [0, 0.05) is 12.1 Å². The lowest BCUT2D eigenvalue weighted by Gasteiger charge is -2.21. The molecule has 3 N–H and O–H groups in total. The minimum absolute atomic E-state index is 0.0741. The predicted molar refractivity (Wildman–Crippen MR) is 89.1 cm³/mol. The number of nitrogens with zero attached hydrogens (tertiary/aromatic N) is 2. The molecule has 1 saturated heterocycles. The fourth-order valence-electron chi connectivity index (χ4n) is 2.81. The van der Waals surface area contributed by atoms with Crippen molar-refractivity contribution < 1.29 is 14.7 Å². The Kier molecular flexibility index (Phi) is 4.90. The first-order valence-corrected chi connectivity index (χ1v) is 8.00. The zero-order valence-electron chi connectivity index (χ0n) is 13.2. The molecule has 7 heteroatoms. The topological polar surface area (TPSA) is 98.3 Å². The highest BCUT2D eigenvalue weighted by Crippen LogP contribution is 2.24. The third kappa shape index (κ3) is 3.62. The summed E-state index contributed by atoms with van der Waals surface area (Å²) in [6.45, 7) is 0.412. The second-order valence-electron chi connectivity index (χ2n) is 5.84. The van der Waals surface area contributed by atoms with Crippen LogP contribution in [0.1, 0.15) is 19.3 Å². The van der Waals surface area contributed by atoms with Crippen LogP contribution >= 0.6 is 0 Å². The summed E-state index contributed by atoms with van der Waals surface area (Å²) in [5, 5.41) is 19.4. The summed E-state index contributed by atoms with van der Waals surface area (Å²) in [5.41, 5.74) is 2.19. The number of aliphatic hydroxyl groups excluding tert-OH is 1. The highest BCUT2D eigenvalue weighted by molar-refractivity contribution is 5.97. The molecule has 2 heterocycles. The maximum atomic E-state index is 12.3. The Bertz CT molecular complexity index is 714. The maximum absolute atomic E-state index is 12.3. The molecule has 1 fully saturated rings. The van der Waals surface area contributed by atoms with E-state index in [1.54, 1.807) is 6.20 Å². The molecule has 0 bridgehead atoms. The van der Waals surface area contributed by atoms with E-state index in [4.69, 9.17) is 0 Å². The lowest BCUT2D eigenvalue weighted by atomic mass is 10.1. The van der Waals surface area contributed by atoms with Gasteiger partial charge < -0.3 is 15.3 Å². The van der Waals surface area contributed by atoms with E-state index in [9.17, 15) is 14.7 Å². The van der Waals surface area contributed by atoms with Crippen molar-refractivity contribution in [3.8, 4) is 11.3 Å². The highest BCUT2D eigenvalue weighted by Gasteiger charge is 2.26. The summed E-state index contributed by atoms with van der Waals surface area (Å²) in [6.07, 6.45) is 2.56. The van der Waals surface area contributed by atoms with Crippen molar-refractivity contribution in [1.29, 1.82) is 0 Å². The largest absolute Gasteiger partial charge is 0.383 e. The van der Waals surface area contributed by atoms with Gasteiger partial charge in [0.05, 0.1) is 24.1 Å². The molecule has 1 unspecified atom stereocenters. The molecule has 0 radical (unpaired) electrons. The maximum Gasteiger partial charge on any atom is 0.251 e. The average molecular weight is 328 g/mol. The van der Waals surface area contributed by atoms with Crippen molar-refractivity contribution in [2.45, 2.75) is 25.4 Å². The van der Waals surface area contributed by atoms with E-state index in [0.717, 1.165) is 18.4 Å². The number of H-pyrrole nitrogens is 1. The van der Waals surface area contributed by atoms with Gasteiger partial charge >= 0.3 is 0 Å². The minimum atomic E-state index is -1.01. The summed E-state index contributed by atoms with van der Waals surface area (Å²) < 4.78 is 0. The van der Waals surface area contributed by atoms with E-state index >= 15 is 0 Å². The van der Waals surface area contributed by atoms with Gasteiger partial charge in [-0.05, 0) is 19.3 Å². The standard InChI is InChI=1S/C17H20N4O3/c22-14-8-4-5-9-21(17(14)24)11-15(23)19-13-10-18-20-16(13)12-6-2-1-3-7-12/h1-3,6-7,10,14,22H,4-5,8-9,11H2,(H,18,20)(H,19,23). The first-order chi connectivity index (χ1) is 11.6. The first-order valence-electron chi connectivity index (χ1n) is 8.00. The van der Waals surface area contributed by atoms with E-state index < -0.39 is 6.10 Å². The van der Waals surface area contributed by atoms with Crippen molar-refractivity contribution in [3.05, 3.63) is 36.5 Å². The van der Waals surface area contributed by atoms with Crippen molar-refractivity contribution >= 4 is 17.5 Å². The van der Waals surface area contributed by atoms with Crippen LogP contribution in [0.4, 0.5) is 5.69 Å². The number of nitrogens with one attached hydrogen (secondary N) is 2. The van der Waals surface area contributed by atoms with Crippen molar-refractivity contribution in [2.24, 2.45) is 0 Å². The fraction of sp³-hybridized carbons (Fsp3) is 0.353. The van der Waals surface area contributed by atoms with Gasteiger partial charge in [0.15, 0.2) is 0 Å². The van der Waals surface area contributed by atoms with Crippen molar-refractivity contribution in [2.75, 3.05) is 18.4 Å². The third-order valence-electron chi connectivity index (χ3n) is 4.06. The molecule has 0 spiro atoms. The van der Waals surface area contributed by atoms with E-state index in [2.05, 4.69) is 15.5 Å². The van der Waals surface area contributed by atoms with Crippen molar-refractivity contribution in [3.63, 3.8) is 0 Å². The molecule has 7 nitrogen and oxygen atoms in total. The van der Waals surface area contributed by atoms with Gasteiger partial charge in [0.25, 0.3) is 5.91 Å². The number of aromatic amines is 1. The molecule has 1 aliphatic rings. The van der Waals surface area contributed by atoms with Crippen LogP contribution in [0.5, 0.6) is 0 Å². The number of amides is 2. The molecule has 0 saturated carbocycles. The first kappa shape index (κ1) is 16.2. The van der Waals surface area contributed by atoms with Gasteiger partial charge in [-0.3, -0.25) is 14.7 Å². The number of hydrogen-bond donors (Lipinski definition) is 3. The normalized spacial score (nSPS) is 18.3. The van der Waals surface area contributed by atoms with Crippen LogP contribution in [0.25, 0.3) is 11.3 Å². The zero-order valence-corrected chi connectivity index (χ0v) is 13.2. The van der Waals surface area contributed by atoms with E-state index in [1.807, 2.05) is 30.3 Å². The van der Waals surface area contributed by atoms with E-state index in [1.165, 1.54) is 4.90 Å². The van der Waals surface area contributed by atoms with Crippen LogP contribution in [0.2, 0.25) is 0 Å². The monoisotopic (exact) mass is 328 g/mol. The smallest absolute Gasteiger partial charge is 0.251 e. The summed E-state index contributed by atoms with van der Waals surface area (Å²) in [4.78, 5) is 25.8. The zero-order chi connectivity index (χ0) is 16.9. The Morgan fingerprint density at radius 3 is 2.92 bits per heavy atom. The van der Waals surface area contributed by atoms with Gasteiger partial charge in [-0.2, -0.15) is 5.10 Å². The van der Waals surface area contributed by atoms with Gasteiger partial charge in [-0.15, -0.1) is 0 Å². The molecule has 0 aliphatic carbocycles. The lowest BCUT2D eigenvalue weighted by Crippen LogP contribution is -2.42. The number of aromatic nitrogens is 2. The Morgan fingerprint density at radius 2 is 2.12 bits per heavy atom. The Labute approximate surface area is 139 Å². The average Bonchev–Trinajstić information content (AvgIpc) is 2.99. The summed E-state index contributed by atoms with van der Waals surface area (Å²) in [6, 6.07) is 9.54. The number of benzene rings is 1. The van der Waals surface area contributed by atoms with Gasteiger partial charge in [-0.1, -0.05) is 30.3 Å². The predicted octanol–water partition coefficient (Wildman–Crippen LogP) is 1.39. The second-order valence-corrected chi connectivity index (χ2v) is 5.84. The third-order valence-corrected chi connectivity index (χ3v) is 4.06. The molecule has 3 rings (SSSR count). The molecule has 2 amide bonds. The van der Waals surface area contributed by atoms with E-state index in [0.29, 0.717) is 24.3 Å². The Balaban J connectivity index is 1.68. The van der Waals surface area contributed by atoms with Crippen LogP contribution in [-0.4, -0.2) is 51.2 Å². The van der Waals surface area contributed by atoms with Gasteiger partial charge in [0.1, 0.15) is 6.10 Å². The summed E-state index contributed by atoms with van der Waals surface area (Å²) in [5.74, 6) is -0.686. The Hall–Kier alpha value is -2.67. The molecule has 2 aromatic rings. The molecule has 24 heavy (non-hydrogen) atoms. The number of likely N-dealkylation sites (tertiary alicyclic amines) is 1. The molecular weight excluding hydrogens is 308 g/mol. The minimum Gasteiger partial charge on any atom is -0.383 e. The number of anilines is 1. The van der Waals surface area contributed by atoms with Crippen molar-refractivity contribution in [1.82, 2.24) is 15.1 Å². The van der Waals surface area contributed by atoms with Crippen LogP contribution in [0.15, 0.2) is 36.5 Å². The van der Waals surface area contributed by atoms with Crippen LogP contribution in [0, 0.1) is 0 Å². The molecular formula is C17H20N4O3. The molecule has 1 aromatic heterocycles.